The molecule has 22 heavy (non-hydrogen) atoms. The molecule has 2 saturated heterocycles. The third kappa shape index (κ3) is 3.15. The van der Waals surface area contributed by atoms with Gasteiger partial charge in [-0.3, -0.25) is 9.59 Å². The molecule has 10 heteroatoms. The molecule has 2 aliphatic rings. The maximum Gasteiger partial charge on any atom is 1.00 e. The average Bonchev–Trinajstić information content (AvgIpc) is 2.64. The van der Waals surface area contributed by atoms with Gasteiger partial charge in [-0.25, -0.2) is 0 Å². The van der Waals surface area contributed by atoms with Crippen LogP contribution in [0, 0.1) is 5.92 Å². The fraction of sp³-hybridized carbons (Fsp3) is 0.750. The van der Waals surface area contributed by atoms with Crippen LogP contribution >= 0.6 is 11.8 Å². The molecule has 2 heterocycles. The number of nitrogens with one attached hydrogen (secondary N) is 1. The van der Waals surface area contributed by atoms with Crippen molar-refractivity contribution in [2.75, 3.05) is 13.2 Å². The van der Waals surface area contributed by atoms with E-state index in [1.807, 2.05) is 0 Å². The van der Waals surface area contributed by atoms with Crippen LogP contribution in [-0.2, 0) is 14.4 Å². The summed E-state index contributed by atoms with van der Waals surface area (Å²) in [6.07, 6.45) is -1.56. The van der Waals surface area contributed by atoms with Gasteiger partial charge >= 0.3 is 29.6 Å². The Bertz CT molecular complexity index is 488. The summed E-state index contributed by atoms with van der Waals surface area (Å²) in [5, 5.41) is 31.5. The average molecular weight is 340 g/mol. The number of amides is 2. The van der Waals surface area contributed by atoms with Crippen LogP contribution in [0.5, 0.6) is 0 Å². The van der Waals surface area contributed by atoms with Crippen molar-refractivity contribution < 1.29 is 59.3 Å². The Labute approximate surface area is 153 Å². The molecule has 3 N–H and O–H groups in total. The predicted octanol–water partition coefficient (Wildman–Crippen LogP) is -6.11. The predicted molar refractivity (Wildman–Crippen MR) is 70.7 cm³/mol. The van der Waals surface area contributed by atoms with Crippen molar-refractivity contribution in [1.82, 2.24) is 10.2 Å². The fourth-order valence-electron chi connectivity index (χ4n) is 2.76. The number of thioether (sulfide) groups is 1. The number of carbonyl (C=O) groups excluding carboxylic acids is 3. The van der Waals surface area contributed by atoms with E-state index in [4.69, 9.17) is 5.11 Å². The van der Waals surface area contributed by atoms with Crippen molar-refractivity contribution in [3.8, 4) is 0 Å². The van der Waals surface area contributed by atoms with E-state index in [9.17, 15) is 24.6 Å². The standard InChI is InChI=1S/C12H18N2O6S.Na/c1-12(2)7(11(19)20)14-9(18)5(10(14)21-12)6(16)8(17)13-3-4-15;/h5-7,10,15-16H,3-4H2,1-2H3,(H,13,17)(H,19,20);/q;+1/p-1/t5-,6+,7+,10-;/m1./s1. The Morgan fingerprint density at radius 3 is 2.59 bits per heavy atom. The van der Waals surface area contributed by atoms with Gasteiger partial charge in [0, 0.05) is 11.3 Å². The van der Waals surface area contributed by atoms with Crippen LogP contribution in [0.1, 0.15) is 13.8 Å². The Morgan fingerprint density at radius 2 is 2.09 bits per heavy atom. The zero-order valence-electron chi connectivity index (χ0n) is 12.6. The summed E-state index contributed by atoms with van der Waals surface area (Å²) in [6, 6.07) is -1.08. The number of aliphatic carboxylic acids is 1. The molecule has 8 nitrogen and oxygen atoms in total. The summed E-state index contributed by atoms with van der Waals surface area (Å²) < 4.78 is -0.755. The molecule has 2 rings (SSSR count). The number of aliphatic hydroxyl groups excluding tert-OH is 2. The zero-order valence-corrected chi connectivity index (χ0v) is 15.4. The Kier molecular flexibility index (Phi) is 6.33. The number of fused-ring (bicyclic) bond motifs is 1. The molecule has 0 unspecified atom stereocenters. The minimum Gasteiger partial charge on any atom is -0.548 e. The van der Waals surface area contributed by atoms with E-state index in [0.29, 0.717) is 0 Å². The largest absolute Gasteiger partial charge is 1.00 e. The van der Waals surface area contributed by atoms with Crippen molar-refractivity contribution >= 4 is 29.5 Å². The second-order valence-electron chi connectivity index (χ2n) is 5.56. The van der Waals surface area contributed by atoms with Gasteiger partial charge in [0.25, 0.3) is 0 Å². The van der Waals surface area contributed by atoms with Gasteiger partial charge in [-0.2, -0.15) is 0 Å². The van der Waals surface area contributed by atoms with Gasteiger partial charge in [-0.05, 0) is 13.8 Å². The molecule has 2 aliphatic heterocycles. The van der Waals surface area contributed by atoms with Crippen molar-refractivity contribution in [3.05, 3.63) is 0 Å². The van der Waals surface area contributed by atoms with E-state index in [1.165, 1.54) is 11.8 Å². The number of nitrogens with zero attached hydrogens (tertiary/aromatic N) is 1. The third-order valence-electron chi connectivity index (χ3n) is 3.73. The van der Waals surface area contributed by atoms with E-state index in [0.717, 1.165) is 4.90 Å². The monoisotopic (exact) mass is 340 g/mol. The van der Waals surface area contributed by atoms with Crippen molar-refractivity contribution in [2.24, 2.45) is 5.92 Å². The summed E-state index contributed by atoms with van der Waals surface area (Å²) in [6.45, 7) is 3.06. The number of β-lactam (4-membered cyclic amide) rings is 1. The molecule has 0 spiro atoms. The van der Waals surface area contributed by atoms with Crippen molar-refractivity contribution in [2.45, 2.75) is 36.1 Å². The molecular formula is C12H17N2NaO6S. The normalized spacial score (nSPS) is 29.9. The molecule has 0 aromatic carbocycles. The summed E-state index contributed by atoms with van der Waals surface area (Å²) in [4.78, 5) is 36.1. The molecule has 0 saturated carbocycles. The van der Waals surface area contributed by atoms with E-state index in [-0.39, 0.29) is 42.7 Å². The van der Waals surface area contributed by atoms with Crippen LogP contribution < -0.4 is 40.0 Å². The number of aliphatic hydroxyl groups is 2. The molecule has 0 radical (unpaired) electrons. The molecule has 118 valence electrons. The number of hydrogen-bond donors (Lipinski definition) is 3. The molecule has 0 bridgehead atoms. The van der Waals surface area contributed by atoms with Gasteiger partial charge < -0.3 is 30.3 Å². The second kappa shape index (κ2) is 7.06. The first kappa shape index (κ1) is 19.7. The summed E-state index contributed by atoms with van der Waals surface area (Å²) >= 11 is 1.23. The second-order valence-corrected chi connectivity index (χ2v) is 7.34. The van der Waals surface area contributed by atoms with Crippen molar-refractivity contribution in [3.63, 3.8) is 0 Å². The van der Waals surface area contributed by atoms with Gasteiger partial charge in [0.05, 0.1) is 24.0 Å². The Morgan fingerprint density at radius 1 is 1.50 bits per heavy atom. The Hall–Kier alpha value is -0.320. The van der Waals surface area contributed by atoms with Crippen LogP contribution in [0.3, 0.4) is 0 Å². The van der Waals surface area contributed by atoms with Gasteiger partial charge in [-0.1, -0.05) is 0 Å². The van der Waals surface area contributed by atoms with Gasteiger partial charge in [0.2, 0.25) is 11.8 Å². The fourth-order valence-corrected chi connectivity index (χ4v) is 4.47. The summed E-state index contributed by atoms with van der Waals surface area (Å²) in [5.41, 5.74) is 0. The molecule has 2 amide bonds. The first-order valence-corrected chi connectivity index (χ1v) is 7.38. The summed E-state index contributed by atoms with van der Waals surface area (Å²) in [7, 11) is 0. The van der Waals surface area contributed by atoms with Crippen molar-refractivity contribution in [1.29, 1.82) is 0 Å². The van der Waals surface area contributed by atoms with Crippen LogP contribution in [0.15, 0.2) is 0 Å². The number of carboxylic acid groups (broad SMARTS) is 1. The van der Waals surface area contributed by atoms with E-state index in [1.54, 1.807) is 13.8 Å². The molecule has 4 atom stereocenters. The quantitative estimate of drug-likeness (QED) is 0.335. The van der Waals surface area contributed by atoms with Gasteiger partial charge in [0.1, 0.15) is 12.0 Å². The molecule has 0 aromatic heterocycles. The van der Waals surface area contributed by atoms with Crippen LogP contribution in [0.2, 0.25) is 0 Å². The number of rotatable bonds is 5. The maximum atomic E-state index is 12.1. The molecule has 2 fully saturated rings. The zero-order chi connectivity index (χ0) is 15.9. The first-order valence-electron chi connectivity index (χ1n) is 6.50. The molecular weight excluding hydrogens is 323 g/mol. The molecule has 0 aliphatic carbocycles. The molecule has 0 aromatic rings. The van der Waals surface area contributed by atoms with E-state index < -0.39 is 46.0 Å². The van der Waals surface area contributed by atoms with Gasteiger partial charge in [-0.15, -0.1) is 11.8 Å². The van der Waals surface area contributed by atoms with Crippen LogP contribution in [0.25, 0.3) is 0 Å². The Balaban J connectivity index is 0.00000242. The number of carboxylic acids is 1. The maximum absolute atomic E-state index is 12.1. The topological polar surface area (TPSA) is 130 Å². The van der Waals surface area contributed by atoms with Gasteiger partial charge in [0.15, 0.2) is 0 Å². The number of carbonyl (C=O) groups is 3. The SMILES string of the molecule is CC1(C)S[C@@H]2[C@H]([C@H](O)C(=O)NCCO)C(=O)N2[C@H]1C(=O)[O-].[Na+]. The van der Waals surface area contributed by atoms with E-state index >= 15 is 0 Å². The smallest absolute Gasteiger partial charge is 0.548 e. The number of hydrogen-bond acceptors (Lipinski definition) is 7. The van der Waals surface area contributed by atoms with Crippen LogP contribution in [-0.4, -0.2) is 68.3 Å². The first-order chi connectivity index (χ1) is 9.72. The minimum absolute atomic E-state index is 0. The third-order valence-corrected chi connectivity index (χ3v) is 5.32. The van der Waals surface area contributed by atoms with Crippen LogP contribution in [0.4, 0.5) is 0 Å². The van der Waals surface area contributed by atoms with E-state index in [2.05, 4.69) is 5.32 Å². The minimum atomic E-state index is -1.56. The summed E-state index contributed by atoms with van der Waals surface area (Å²) in [5.74, 6) is -3.64.